The molecule has 0 spiro atoms. The van der Waals surface area contributed by atoms with E-state index in [2.05, 4.69) is 19.9 Å². The highest BCUT2D eigenvalue weighted by Gasteiger charge is 2.31. The standard InChI is InChI=1S/C16H17N5O3S/c1-9-6-12(23-18-9)15-14(17-20-25-15)11-4-3-5-21(8-11)16(22)13-7-10(2)19-24-13/h6-7,11H,3-5,8H2,1-2H3. The van der Waals surface area contributed by atoms with E-state index in [1.807, 2.05) is 13.0 Å². The highest BCUT2D eigenvalue weighted by molar-refractivity contribution is 7.09. The first-order valence-corrected chi connectivity index (χ1v) is 8.87. The first-order valence-electron chi connectivity index (χ1n) is 8.10. The van der Waals surface area contributed by atoms with Crippen LogP contribution in [-0.4, -0.2) is 43.8 Å². The highest BCUT2D eigenvalue weighted by Crippen LogP contribution is 2.35. The fourth-order valence-electron chi connectivity index (χ4n) is 3.11. The fourth-order valence-corrected chi connectivity index (χ4v) is 3.81. The van der Waals surface area contributed by atoms with E-state index in [-0.39, 0.29) is 17.6 Å². The summed E-state index contributed by atoms with van der Waals surface area (Å²) in [5.41, 5.74) is 2.38. The van der Waals surface area contributed by atoms with Crippen molar-refractivity contribution in [2.24, 2.45) is 0 Å². The van der Waals surface area contributed by atoms with Crippen LogP contribution in [0, 0.1) is 13.8 Å². The molecule has 1 amide bonds. The largest absolute Gasteiger partial charge is 0.355 e. The van der Waals surface area contributed by atoms with Crippen LogP contribution >= 0.6 is 11.5 Å². The molecule has 0 aliphatic carbocycles. The maximum atomic E-state index is 12.6. The van der Waals surface area contributed by atoms with Crippen molar-refractivity contribution < 1.29 is 13.8 Å². The average Bonchev–Trinajstić information content (AvgIpc) is 3.34. The summed E-state index contributed by atoms with van der Waals surface area (Å²) < 4.78 is 14.6. The number of aromatic nitrogens is 4. The molecular weight excluding hydrogens is 342 g/mol. The minimum Gasteiger partial charge on any atom is -0.355 e. The zero-order valence-corrected chi connectivity index (χ0v) is 14.7. The van der Waals surface area contributed by atoms with Crippen LogP contribution < -0.4 is 0 Å². The summed E-state index contributed by atoms with van der Waals surface area (Å²) >= 11 is 1.29. The van der Waals surface area contributed by atoms with E-state index >= 15 is 0 Å². The Morgan fingerprint density at radius 2 is 2.04 bits per heavy atom. The van der Waals surface area contributed by atoms with Crippen molar-refractivity contribution in [3.63, 3.8) is 0 Å². The topological polar surface area (TPSA) is 98.2 Å². The van der Waals surface area contributed by atoms with Gasteiger partial charge in [0.15, 0.2) is 5.76 Å². The Morgan fingerprint density at radius 1 is 1.24 bits per heavy atom. The normalized spacial score (nSPS) is 17.8. The van der Waals surface area contributed by atoms with E-state index in [1.54, 1.807) is 17.9 Å². The van der Waals surface area contributed by atoms with Crippen LogP contribution in [0.25, 0.3) is 10.6 Å². The number of hydrogen-bond donors (Lipinski definition) is 0. The Balaban J connectivity index is 1.56. The summed E-state index contributed by atoms with van der Waals surface area (Å²) in [6.45, 7) is 4.95. The van der Waals surface area contributed by atoms with Crippen LogP contribution in [0.3, 0.4) is 0 Å². The lowest BCUT2D eigenvalue weighted by Crippen LogP contribution is -2.39. The second-order valence-corrected chi connectivity index (χ2v) is 7.00. The fraction of sp³-hybridized carbons (Fsp3) is 0.438. The number of rotatable bonds is 3. The van der Waals surface area contributed by atoms with Gasteiger partial charge in [0.25, 0.3) is 5.91 Å². The second-order valence-electron chi connectivity index (χ2n) is 6.24. The van der Waals surface area contributed by atoms with Gasteiger partial charge in [-0.05, 0) is 38.2 Å². The van der Waals surface area contributed by atoms with Gasteiger partial charge in [-0.3, -0.25) is 4.79 Å². The molecule has 1 saturated heterocycles. The monoisotopic (exact) mass is 359 g/mol. The van der Waals surface area contributed by atoms with Gasteiger partial charge in [-0.25, -0.2) is 0 Å². The van der Waals surface area contributed by atoms with Crippen molar-refractivity contribution in [1.29, 1.82) is 0 Å². The van der Waals surface area contributed by atoms with Gasteiger partial charge in [0, 0.05) is 31.1 Å². The molecule has 0 radical (unpaired) electrons. The molecule has 25 heavy (non-hydrogen) atoms. The van der Waals surface area contributed by atoms with Crippen LogP contribution in [-0.2, 0) is 0 Å². The zero-order valence-electron chi connectivity index (χ0n) is 13.9. The minimum absolute atomic E-state index is 0.112. The average molecular weight is 359 g/mol. The lowest BCUT2D eigenvalue weighted by molar-refractivity contribution is 0.0664. The van der Waals surface area contributed by atoms with Crippen molar-refractivity contribution >= 4 is 17.4 Å². The van der Waals surface area contributed by atoms with Gasteiger partial charge >= 0.3 is 0 Å². The quantitative estimate of drug-likeness (QED) is 0.709. The van der Waals surface area contributed by atoms with E-state index in [9.17, 15) is 4.79 Å². The Bertz CT molecular complexity index is 899. The summed E-state index contributed by atoms with van der Waals surface area (Å²) in [5.74, 6) is 0.934. The molecule has 0 saturated carbocycles. The van der Waals surface area contributed by atoms with Gasteiger partial charge in [0.05, 0.1) is 17.1 Å². The van der Waals surface area contributed by atoms with Gasteiger partial charge in [-0.2, -0.15) is 0 Å². The highest BCUT2D eigenvalue weighted by atomic mass is 32.1. The third kappa shape index (κ3) is 3.07. The number of amides is 1. The maximum absolute atomic E-state index is 12.6. The Kier molecular flexibility index (Phi) is 4.08. The molecule has 0 bridgehead atoms. The SMILES string of the molecule is Cc1cc(C(=O)N2CCCC(c3nnsc3-c3cc(C)no3)C2)on1. The van der Waals surface area contributed by atoms with Gasteiger partial charge in [-0.1, -0.05) is 14.8 Å². The molecule has 8 nitrogen and oxygen atoms in total. The number of piperidine rings is 1. The zero-order chi connectivity index (χ0) is 17.4. The number of nitrogens with zero attached hydrogens (tertiary/aromatic N) is 5. The van der Waals surface area contributed by atoms with E-state index < -0.39 is 0 Å². The smallest absolute Gasteiger partial charge is 0.292 e. The molecule has 0 aromatic carbocycles. The molecule has 1 unspecified atom stereocenters. The summed E-state index contributed by atoms with van der Waals surface area (Å²) in [6.07, 6.45) is 1.85. The van der Waals surface area contributed by atoms with E-state index in [1.165, 1.54) is 11.5 Å². The maximum Gasteiger partial charge on any atom is 0.292 e. The van der Waals surface area contributed by atoms with Gasteiger partial charge in [0.1, 0.15) is 4.88 Å². The third-order valence-electron chi connectivity index (χ3n) is 4.30. The molecule has 1 aliphatic rings. The molecule has 4 heterocycles. The predicted octanol–water partition coefficient (Wildman–Crippen LogP) is 2.82. The molecule has 3 aromatic heterocycles. The lowest BCUT2D eigenvalue weighted by atomic mass is 9.93. The van der Waals surface area contributed by atoms with Gasteiger partial charge in [-0.15, -0.1) is 5.10 Å². The van der Waals surface area contributed by atoms with E-state index in [4.69, 9.17) is 9.05 Å². The first kappa shape index (κ1) is 15.9. The number of carbonyl (C=O) groups excluding carboxylic acids is 1. The van der Waals surface area contributed by atoms with Crippen LogP contribution in [0.15, 0.2) is 21.2 Å². The molecule has 130 valence electrons. The lowest BCUT2D eigenvalue weighted by Gasteiger charge is -2.31. The van der Waals surface area contributed by atoms with Crippen LogP contribution in [0.2, 0.25) is 0 Å². The second kappa shape index (κ2) is 6.40. The van der Waals surface area contributed by atoms with Crippen LogP contribution in [0.1, 0.15) is 46.4 Å². The number of likely N-dealkylation sites (tertiary alicyclic amines) is 1. The minimum atomic E-state index is -0.134. The molecule has 1 fully saturated rings. The molecule has 3 aromatic rings. The Morgan fingerprint density at radius 3 is 2.76 bits per heavy atom. The van der Waals surface area contributed by atoms with Crippen molar-refractivity contribution in [2.75, 3.05) is 13.1 Å². The summed E-state index contributed by atoms with van der Waals surface area (Å²) in [6, 6.07) is 3.54. The molecule has 9 heteroatoms. The molecule has 0 N–H and O–H groups in total. The summed E-state index contributed by atoms with van der Waals surface area (Å²) in [5, 5.41) is 12.0. The summed E-state index contributed by atoms with van der Waals surface area (Å²) in [7, 11) is 0. The van der Waals surface area contributed by atoms with E-state index in [0.717, 1.165) is 29.1 Å². The van der Waals surface area contributed by atoms with Crippen molar-refractivity contribution in [3.8, 4) is 10.6 Å². The van der Waals surface area contributed by atoms with E-state index in [0.29, 0.717) is 24.5 Å². The summed E-state index contributed by atoms with van der Waals surface area (Å²) in [4.78, 5) is 15.3. The molecular formula is C16H17N5O3S. The van der Waals surface area contributed by atoms with Crippen LogP contribution in [0.5, 0.6) is 0 Å². The number of aryl methyl sites for hydroxylation is 2. The third-order valence-corrected chi connectivity index (χ3v) is 5.06. The number of carbonyl (C=O) groups is 1. The van der Waals surface area contributed by atoms with Gasteiger partial charge < -0.3 is 13.9 Å². The molecule has 1 atom stereocenters. The number of hydrogen-bond acceptors (Lipinski definition) is 8. The molecule has 1 aliphatic heterocycles. The first-order chi connectivity index (χ1) is 12.1. The van der Waals surface area contributed by atoms with Crippen molar-refractivity contribution in [1.82, 2.24) is 24.8 Å². The van der Waals surface area contributed by atoms with Gasteiger partial charge in [0.2, 0.25) is 5.76 Å². The predicted molar refractivity (Wildman–Crippen MR) is 89.3 cm³/mol. The van der Waals surface area contributed by atoms with Crippen molar-refractivity contribution in [3.05, 3.63) is 35.0 Å². The Hall–Kier alpha value is -2.55. The van der Waals surface area contributed by atoms with Crippen molar-refractivity contribution in [2.45, 2.75) is 32.6 Å². The van der Waals surface area contributed by atoms with Crippen LogP contribution in [0.4, 0.5) is 0 Å². The molecule has 4 rings (SSSR count). The Labute approximate surface area is 148 Å².